The zero-order valence-electron chi connectivity index (χ0n) is 16.6. The van der Waals surface area contributed by atoms with Gasteiger partial charge in [-0.15, -0.1) is 0 Å². The Labute approximate surface area is 159 Å². The molecule has 0 aromatic rings. The molecule has 2 amide bonds. The van der Waals surface area contributed by atoms with E-state index in [0.717, 1.165) is 20.0 Å². The highest BCUT2D eigenvalue weighted by Gasteiger charge is 2.45. The first-order valence-electron chi connectivity index (χ1n) is 9.01. The average Bonchev–Trinajstić information content (AvgIpc) is 3.03. The first kappa shape index (κ1) is 22.9. The second-order valence-corrected chi connectivity index (χ2v) is 8.31. The van der Waals surface area contributed by atoms with E-state index in [2.05, 4.69) is 31.4 Å². The highest BCUT2D eigenvalue weighted by atomic mass is 16.5. The number of carboxylic acid groups (broad SMARTS) is 1. The molecule has 1 fully saturated rings. The standard InChI is InChI=1S/C18H31N3O6/c1-17(2,3)11-8-6-7-10(11)14(24)20-18(4,16(26)27-5)21-15(25)12(19)9-13(22)23/h10-12H,6-9,19H2,1-5H3,(H,20,24)(H,21,25)(H,22,23)/t10?,11?,12-,18?/m0/s1. The predicted molar refractivity (Wildman–Crippen MR) is 97.2 cm³/mol. The minimum absolute atomic E-state index is 0.0761. The Hall–Kier alpha value is -2.16. The summed E-state index contributed by atoms with van der Waals surface area (Å²) in [4.78, 5) is 48.0. The number of carbonyl (C=O) groups is 4. The lowest BCUT2D eigenvalue weighted by atomic mass is 9.74. The molecule has 0 aromatic heterocycles. The number of nitrogens with two attached hydrogens (primary N) is 1. The summed E-state index contributed by atoms with van der Waals surface area (Å²) < 4.78 is 4.71. The van der Waals surface area contributed by atoms with Crippen LogP contribution in [0, 0.1) is 17.3 Å². The molecule has 1 aliphatic carbocycles. The van der Waals surface area contributed by atoms with Crippen LogP contribution >= 0.6 is 0 Å². The van der Waals surface area contributed by atoms with Crippen molar-refractivity contribution in [2.24, 2.45) is 23.0 Å². The maximum atomic E-state index is 12.9. The number of carbonyl (C=O) groups excluding carboxylic acids is 3. The van der Waals surface area contributed by atoms with Gasteiger partial charge in [0.2, 0.25) is 17.5 Å². The van der Waals surface area contributed by atoms with Gasteiger partial charge in [-0.25, -0.2) is 4.79 Å². The van der Waals surface area contributed by atoms with Gasteiger partial charge in [0.1, 0.15) is 0 Å². The van der Waals surface area contributed by atoms with Gasteiger partial charge in [-0.2, -0.15) is 0 Å². The number of amides is 2. The molecule has 5 N–H and O–H groups in total. The molecule has 1 aliphatic rings. The highest BCUT2D eigenvalue weighted by molar-refractivity contribution is 5.94. The van der Waals surface area contributed by atoms with Gasteiger partial charge in [-0.1, -0.05) is 27.2 Å². The van der Waals surface area contributed by atoms with E-state index >= 15 is 0 Å². The van der Waals surface area contributed by atoms with Crippen molar-refractivity contribution in [3.63, 3.8) is 0 Å². The van der Waals surface area contributed by atoms with Crippen molar-refractivity contribution in [3.05, 3.63) is 0 Å². The highest BCUT2D eigenvalue weighted by Crippen LogP contribution is 2.43. The molecule has 1 rings (SSSR count). The molecule has 0 aromatic carbocycles. The van der Waals surface area contributed by atoms with Crippen molar-refractivity contribution in [1.29, 1.82) is 0 Å². The lowest BCUT2D eigenvalue weighted by Crippen LogP contribution is -2.67. The lowest BCUT2D eigenvalue weighted by Gasteiger charge is -2.35. The fourth-order valence-corrected chi connectivity index (χ4v) is 3.61. The Morgan fingerprint density at radius 2 is 1.74 bits per heavy atom. The van der Waals surface area contributed by atoms with E-state index in [9.17, 15) is 19.2 Å². The summed E-state index contributed by atoms with van der Waals surface area (Å²) >= 11 is 0. The second kappa shape index (κ2) is 8.69. The topological polar surface area (TPSA) is 148 Å². The molecule has 0 radical (unpaired) electrons. The maximum absolute atomic E-state index is 12.9. The Morgan fingerprint density at radius 3 is 2.22 bits per heavy atom. The van der Waals surface area contributed by atoms with Crippen molar-refractivity contribution in [2.75, 3.05) is 7.11 Å². The van der Waals surface area contributed by atoms with Crippen LogP contribution in [-0.2, 0) is 23.9 Å². The number of esters is 1. The van der Waals surface area contributed by atoms with E-state index in [1.165, 1.54) is 6.92 Å². The van der Waals surface area contributed by atoms with E-state index in [1.807, 2.05) is 0 Å². The fraction of sp³-hybridized carbons (Fsp3) is 0.778. The molecule has 9 heteroatoms. The van der Waals surface area contributed by atoms with Crippen LogP contribution in [0.3, 0.4) is 0 Å². The zero-order valence-corrected chi connectivity index (χ0v) is 16.6. The predicted octanol–water partition coefficient (Wildman–Crippen LogP) is 0.372. The summed E-state index contributed by atoms with van der Waals surface area (Å²) in [6, 6.07) is -1.36. The molecule has 0 aliphatic heterocycles. The van der Waals surface area contributed by atoms with Gasteiger partial charge in [0.25, 0.3) is 0 Å². The fourth-order valence-electron chi connectivity index (χ4n) is 3.61. The van der Waals surface area contributed by atoms with Gasteiger partial charge >= 0.3 is 11.9 Å². The van der Waals surface area contributed by atoms with Gasteiger partial charge in [0, 0.05) is 5.92 Å². The number of rotatable bonds is 7. The van der Waals surface area contributed by atoms with Crippen LogP contribution in [0.25, 0.3) is 0 Å². The van der Waals surface area contributed by atoms with E-state index in [0.29, 0.717) is 6.42 Å². The van der Waals surface area contributed by atoms with E-state index < -0.39 is 36.0 Å². The Bertz CT molecular complexity index is 600. The van der Waals surface area contributed by atoms with Crippen molar-refractivity contribution in [2.45, 2.75) is 65.1 Å². The summed E-state index contributed by atoms with van der Waals surface area (Å²) in [7, 11) is 1.13. The van der Waals surface area contributed by atoms with Gasteiger partial charge in [-0.05, 0) is 31.1 Å². The van der Waals surface area contributed by atoms with Crippen LogP contribution in [-0.4, -0.2) is 47.7 Å². The molecule has 0 spiro atoms. The molecule has 9 nitrogen and oxygen atoms in total. The summed E-state index contributed by atoms with van der Waals surface area (Å²) in [6.07, 6.45) is 1.90. The lowest BCUT2D eigenvalue weighted by molar-refractivity contribution is -0.155. The van der Waals surface area contributed by atoms with Crippen LogP contribution in [0.1, 0.15) is 53.4 Å². The van der Waals surface area contributed by atoms with Crippen LogP contribution in [0.2, 0.25) is 0 Å². The number of ether oxygens (including phenoxy) is 1. The Morgan fingerprint density at radius 1 is 1.15 bits per heavy atom. The molecule has 0 saturated heterocycles. The molecule has 154 valence electrons. The number of hydrogen-bond donors (Lipinski definition) is 4. The molecule has 0 bridgehead atoms. The van der Waals surface area contributed by atoms with Gasteiger partial charge in [-0.3, -0.25) is 14.4 Å². The minimum Gasteiger partial charge on any atom is -0.481 e. The summed E-state index contributed by atoms with van der Waals surface area (Å²) in [5, 5.41) is 13.7. The van der Waals surface area contributed by atoms with Crippen LogP contribution in [0.15, 0.2) is 0 Å². The van der Waals surface area contributed by atoms with Crippen molar-refractivity contribution in [1.82, 2.24) is 10.6 Å². The van der Waals surface area contributed by atoms with Crippen molar-refractivity contribution >= 4 is 23.8 Å². The van der Waals surface area contributed by atoms with Gasteiger partial charge in [0.15, 0.2) is 0 Å². The van der Waals surface area contributed by atoms with Crippen LogP contribution in [0.5, 0.6) is 0 Å². The monoisotopic (exact) mass is 385 g/mol. The van der Waals surface area contributed by atoms with Crippen LogP contribution in [0.4, 0.5) is 0 Å². The Kier molecular flexibility index (Phi) is 7.36. The molecule has 27 heavy (non-hydrogen) atoms. The smallest absolute Gasteiger partial charge is 0.352 e. The Balaban J connectivity index is 2.96. The molecular formula is C18H31N3O6. The first-order valence-corrected chi connectivity index (χ1v) is 9.01. The van der Waals surface area contributed by atoms with Crippen LogP contribution < -0.4 is 16.4 Å². The van der Waals surface area contributed by atoms with E-state index in [-0.39, 0.29) is 23.2 Å². The normalized spacial score (nSPS) is 23.0. The molecule has 3 unspecified atom stereocenters. The number of hydrogen-bond acceptors (Lipinski definition) is 6. The molecule has 0 heterocycles. The third-order valence-electron chi connectivity index (χ3n) is 5.04. The third-order valence-corrected chi connectivity index (χ3v) is 5.04. The second-order valence-electron chi connectivity index (χ2n) is 8.31. The number of methoxy groups -OCH3 is 1. The molecule has 1 saturated carbocycles. The first-order chi connectivity index (χ1) is 12.3. The minimum atomic E-state index is -1.84. The molecular weight excluding hydrogens is 354 g/mol. The molecule has 4 atom stereocenters. The van der Waals surface area contributed by atoms with Gasteiger partial charge < -0.3 is 26.2 Å². The van der Waals surface area contributed by atoms with Crippen molar-refractivity contribution in [3.8, 4) is 0 Å². The summed E-state index contributed by atoms with van der Waals surface area (Å²) in [6.45, 7) is 7.49. The summed E-state index contributed by atoms with van der Waals surface area (Å²) in [5.74, 6) is -3.50. The van der Waals surface area contributed by atoms with E-state index in [1.54, 1.807) is 0 Å². The zero-order chi connectivity index (χ0) is 21.0. The number of aliphatic carboxylic acids is 1. The SMILES string of the molecule is COC(=O)C(C)(NC(=O)C1CCCC1C(C)(C)C)NC(=O)[C@@H](N)CC(=O)O. The third kappa shape index (κ3) is 5.92. The van der Waals surface area contributed by atoms with Gasteiger partial charge in [0.05, 0.1) is 19.6 Å². The largest absolute Gasteiger partial charge is 0.481 e. The van der Waals surface area contributed by atoms with Crippen molar-refractivity contribution < 1.29 is 29.0 Å². The quantitative estimate of drug-likeness (QED) is 0.365. The average molecular weight is 385 g/mol. The summed E-state index contributed by atoms with van der Waals surface area (Å²) in [5.41, 5.74) is 3.62. The number of nitrogens with one attached hydrogen (secondary N) is 2. The maximum Gasteiger partial charge on any atom is 0.352 e. The number of carboxylic acids is 1. The van der Waals surface area contributed by atoms with E-state index in [4.69, 9.17) is 15.6 Å².